The number of oxazole rings is 2. The molecule has 332 valence electrons. The monoisotopic (exact) mass is 840 g/mol. The topological polar surface area (TPSA) is 158 Å². The van der Waals surface area contributed by atoms with Crippen molar-refractivity contribution in [2.24, 2.45) is 11.8 Å². The van der Waals surface area contributed by atoms with E-state index in [4.69, 9.17) is 18.5 Å². The highest BCUT2D eigenvalue weighted by Gasteiger charge is 2.24. The minimum absolute atomic E-state index is 0.0354. The van der Waals surface area contributed by atoms with Crippen LogP contribution in [0.15, 0.2) is 82.0 Å². The molecule has 2 heterocycles. The van der Waals surface area contributed by atoms with E-state index in [0.717, 1.165) is 54.3 Å². The van der Waals surface area contributed by atoms with Crippen molar-refractivity contribution in [2.75, 3.05) is 0 Å². The van der Waals surface area contributed by atoms with Crippen molar-refractivity contribution in [1.82, 2.24) is 26.2 Å². The van der Waals surface area contributed by atoms with Crippen LogP contribution in [0.1, 0.15) is 180 Å². The molecule has 12 nitrogen and oxygen atoms in total. The minimum Gasteiger partial charge on any atom is -0.448 e. The van der Waals surface area contributed by atoms with Crippen molar-refractivity contribution in [3.8, 4) is 0 Å². The molecule has 2 saturated carbocycles. The van der Waals surface area contributed by atoms with Gasteiger partial charge in [-0.25, -0.2) is 20.9 Å². The normalized spacial score (nSPS) is 15.7. The largest absolute Gasteiger partial charge is 0.448 e. The van der Waals surface area contributed by atoms with E-state index in [2.05, 4.69) is 40.1 Å². The first kappa shape index (κ1) is 47.4. The standard InChI is InChI=1S/C26H39N3O3.C23H30N2O4/c1-20(2)27-17-24-19-31-26(28-24)23(15-9-14-21-10-5-3-6-11-21)16-25(30)29-32-18-22-12-7-4-8-13-22;26-15-21-17-28-23(24-21)20(13-7-12-18-8-3-1-4-9-18)14-22(27)25-29-16-19-10-5-2-6-11-19/h4,7-8,12-13,19-21,23,27H,3,5-6,9-11,14-18H2,1-2H3,(H,29,30);2,5-6,10-11,15,17-18,20H,1,3-4,7-9,12-14,16H2,(H,25,27)/t23-;20-/m11/s1. The van der Waals surface area contributed by atoms with Gasteiger partial charge in [-0.3, -0.25) is 24.1 Å². The first-order chi connectivity index (χ1) is 29.8. The van der Waals surface area contributed by atoms with Gasteiger partial charge in [-0.05, 0) is 35.8 Å². The Morgan fingerprint density at radius 3 is 1.62 bits per heavy atom. The Morgan fingerprint density at radius 1 is 0.689 bits per heavy atom. The molecule has 0 spiro atoms. The molecule has 4 aromatic rings. The number of rotatable bonds is 24. The number of carbonyl (C=O) groups is 3. The van der Waals surface area contributed by atoms with Gasteiger partial charge in [-0.1, -0.05) is 164 Å². The summed E-state index contributed by atoms with van der Waals surface area (Å²) in [7, 11) is 0. The summed E-state index contributed by atoms with van der Waals surface area (Å²) in [6.45, 7) is 5.54. The molecule has 0 radical (unpaired) electrons. The number of benzene rings is 2. The minimum atomic E-state index is -0.213. The van der Waals surface area contributed by atoms with E-state index in [-0.39, 0.29) is 35.8 Å². The number of hydrogen-bond donors (Lipinski definition) is 3. The maximum atomic E-state index is 12.6. The number of hydrogen-bond acceptors (Lipinski definition) is 10. The van der Waals surface area contributed by atoms with Crippen LogP contribution >= 0.6 is 0 Å². The average molecular weight is 840 g/mol. The second-order valence-electron chi connectivity index (χ2n) is 17.2. The average Bonchev–Trinajstić information content (AvgIpc) is 3.98. The summed E-state index contributed by atoms with van der Waals surface area (Å²) in [6.07, 6.45) is 23.9. The summed E-state index contributed by atoms with van der Waals surface area (Å²) in [6, 6.07) is 19.9. The van der Waals surface area contributed by atoms with Crippen molar-refractivity contribution in [3.63, 3.8) is 0 Å². The molecule has 0 saturated heterocycles. The second-order valence-corrected chi connectivity index (χ2v) is 17.2. The molecule has 2 atom stereocenters. The summed E-state index contributed by atoms with van der Waals surface area (Å²) >= 11 is 0. The van der Waals surface area contributed by atoms with Gasteiger partial charge in [0.2, 0.25) is 11.8 Å². The summed E-state index contributed by atoms with van der Waals surface area (Å²) in [4.78, 5) is 55.6. The van der Waals surface area contributed by atoms with Crippen LogP contribution in [0.4, 0.5) is 0 Å². The van der Waals surface area contributed by atoms with Crippen LogP contribution in [0.3, 0.4) is 0 Å². The van der Waals surface area contributed by atoms with Gasteiger partial charge in [0, 0.05) is 37.3 Å². The van der Waals surface area contributed by atoms with Crippen LogP contribution in [0.25, 0.3) is 0 Å². The zero-order valence-electron chi connectivity index (χ0n) is 36.5. The van der Waals surface area contributed by atoms with Crippen LogP contribution in [0, 0.1) is 11.8 Å². The Labute approximate surface area is 362 Å². The number of carbonyl (C=O) groups excluding carboxylic acids is 3. The van der Waals surface area contributed by atoms with Gasteiger partial charge in [0.15, 0.2) is 18.1 Å². The predicted molar refractivity (Wildman–Crippen MR) is 235 cm³/mol. The lowest BCUT2D eigenvalue weighted by Gasteiger charge is -2.22. The van der Waals surface area contributed by atoms with Gasteiger partial charge in [-0.15, -0.1) is 0 Å². The van der Waals surface area contributed by atoms with E-state index in [1.54, 1.807) is 6.26 Å². The van der Waals surface area contributed by atoms with Crippen molar-refractivity contribution in [2.45, 2.75) is 167 Å². The molecule has 2 aliphatic carbocycles. The van der Waals surface area contributed by atoms with Crippen LogP contribution in [-0.4, -0.2) is 34.1 Å². The molecule has 12 heteroatoms. The van der Waals surface area contributed by atoms with Crippen molar-refractivity contribution in [1.29, 1.82) is 0 Å². The summed E-state index contributed by atoms with van der Waals surface area (Å²) in [5.74, 6) is 2.20. The Bertz CT molecular complexity index is 1800. The predicted octanol–water partition coefficient (Wildman–Crippen LogP) is 10.6. The fraction of sp³-hybridized carbons (Fsp3) is 0.571. The van der Waals surface area contributed by atoms with E-state index < -0.39 is 0 Å². The van der Waals surface area contributed by atoms with Crippen molar-refractivity contribution in [3.05, 3.63) is 107 Å². The molecular weight excluding hydrogens is 771 g/mol. The quantitative estimate of drug-likeness (QED) is 0.0458. The number of hydroxylamine groups is 2. The number of aromatic nitrogens is 2. The molecular formula is C49H69N5O7. The smallest absolute Gasteiger partial charge is 0.244 e. The van der Waals surface area contributed by atoms with E-state index in [1.807, 2.05) is 60.7 Å². The Balaban J connectivity index is 0.000000232. The number of nitrogens with zero attached hydrogens (tertiary/aromatic N) is 2. The van der Waals surface area contributed by atoms with Crippen LogP contribution in [0.5, 0.6) is 0 Å². The Kier molecular flexibility index (Phi) is 21.2. The lowest BCUT2D eigenvalue weighted by Crippen LogP contribution is -2.25. The lowest BCUT2D eigenvalue weighted by molar-refractivity contribution is -0.135. The lowest BCUT2D eigenvalue weighted by atomic mass is 9.84. The van der Waals surface area contributed by atoms with Crippen molar-refractivity contribution < 1.29 is 32.9 Å². The molecule has 0 aliphatic heterocycles. The zero-order valence-corrected chi connectivity index (χ0v) is 36.5. The van der Waals surface area contributed by atoms with Gasteiger partial charge in [0.05, 0.1) is 18.9 Å². The number of amides is 2. The van der Waals surface area contributed by atoms with Crippen LogP contribution < -0.4 is 16.3 Å². The van der Waals surface area contributed by atoms with E-state index in [0.29, 0.717) is 50.3 Å². The number of aldehydes is 1. The van der Waals surface area contributed by atoms with Gasteiger partial charge in [0.1, 0.15) is 18.2 Å². The molecule has 3 N–H and O–H groups in total. The zero-order chi connectivity index (χ0) is 42.9. The van der Waals surface area contributed by atoms with Gasteiger partial charge in [-0.2, -0.15) is 0 Å². The molecule has 61 heavy (non-hydrogen) atoms. The highest BCUT2D eigenvalue weighted by atomic mass is 16.7. The third kappa shape index (κ3) is 18.5. The maximum Gasteiger partial charge on any atom is 0.244 e. The van der Waals surface area contributed by atoms with E-state index in [9.17, 15) is 14.4 Å². The molecule has 2 amide bonds. The number of nitrogens with one attached hydrogen (secondary N) is 3. The Hall–Kier alpha value is -4.65. The summed E-state index contributed by atoms with van der Waals surface area (Å²) < 4.78 is 11.3. The Morgan fingerprint density at radius 2 is 1.16 bits per heavy atom. The first-order valence-corrected chi connectivity index (χ1v) is 22.8. The van der Waals surface area contributed by atoms with E-state index in [1.165, 1.54) is 83.3 Å². The molecule has 2 aliphatic rings. The van der Waals surface area contributed by atoms with Crippen LogP contribution in [0.2, 0.25) is 0 Å². The molecule has 2 aromatic heterocycles. The van der Waals surface area contributed by atoms with Crippen LogP contribution in [-0.2, 0) is 39.0 Å². The fourth-order valence-corrected chi connectivity index (χ4v) is 8.40. The van der Waals surface area contributed by atoms with Gasteiger partial charge >= 0.3 is 0 Å². The first-order valence-electron chi connectivity index (χ1n) is 22.8. The molecule has 0 unspecified atom stereocenters. The molecule has 2 fully saturated rings. The van der Waals surface area contributed by atoms with E-state index >= 15 is 0 Å². The highest BCUT2D eigenvalue weighted by Crippen LogP contribution is 2.33. The fourth-order valence-electron chi connectivity index (χ4n) is 8.40. The molecule has 6 rings (SSSR count). The second kappa shape index (κ2) is 27.3. The molecule has 2 aromatic carbocycles. The highest BCUT2D eigenvalue weighted by molar-refractivity contribution is 5.76. The maximum absolute atomic E-state index is 12.6. The summed E-state index contributed by atoms with van der Waals surface area (Å²) in [5, 5.41) is 3.36. The van der Waals surface area contributed by atoms with Gasteiger partial charge < -0.3 is 14.2 Å². The summed E-state index contributed by atoms with van der Waals surface area (Å²) in [5.41, 5.74) is 8.26. The van der Waals surface area contributed by atoms with Gasteiger partial charge in [0.25, 0.3) is 0 Å². The SMILES string of the molecule is CC(C)NCc1coc([C@H](CCCC2CCCCC2)CC(=O)NOCc2ccccc2)n1.O=Cc1coc([C@H](CCCC2CCCCC2)CC(=O)NOCc2ccccc2)n1. The molecule has 0 bridgehead atoms. The third-order valence-corrected chi connectivity index (χ3v) is 11.8. The third-order valence-electron chi connectivity index (χ3n) is 11.8. The van der Waals surface area contributed by atoms with Crippen molar-refractivity contribution >= 4 is 18.1 Å².